The highest BCUT2D eigenvalue weighted by molar-refractivity contribution is 4.77. The van der Waals surface area contributed by atoms with E-state index in [1.54, 1.807) is 0 Å². The molecule has 0 aromatic carbocycles. The molecule has 21 heavy (non-hydrogen) atoms. The minimum absolute atomic E-state index is 0.00679. The number of unbranched alkanes of at least 4 members (excludes halogenated alkanes) is 7. The first-order chi connectivity index (χ1) is 10.3. The van der Waals surface area contributed by atoms with Crippen molar-refractivity contribution >= 4 is 0 Å². The van der Waals surface area contributed by atoms with Gasteiger partial charge >= 0.3 is 0 Å². The van der Waals surface area contributed by atoms with Crippen molar-refractivity contribution in [3.8, 4) is 0 Å². The second kappa shape index (κ2) is 12.5. The molecule has 0 bridgehead atoms. The molecule has 1 atom stereocenters. The fraction of sp³-hybridized carbons (Fsp3) is 1.00. The molecule has 1 rings (SSSR count). The molecule has 0 spiro atoms. The summed E-state index contributed by atoms with van der Waals surface area (Å²) in [5.41, 5.74) is 0. The molecule has 126 valence electrons. The van der Waals surface area contributed by atoms with Crippen LogP contribution in [0.2, 0.25) is 0 Å². The van der Waals surface area contributed by atoms with Crippen LogP contribution in [0, 0.1) is 11.8 Å². The Labute approximate surface area is 133 Å². The van der Waals surface area contributed by atoms with E-state index in [1.165, 1.54) is 89.9 Å². The highest BCUT2D eigenvalue weighted by Gasteiger charge is 2.25. The number of rotatable bonds is 12. The monoisotopic (exact) mass is 296 g/mol. The van der Waals surface area contributed by atoms with Gasteiger partial charge in [0.05, 0.1) is 6.10 Å². The van der Waals surface area contributed by atoms with Crippen molar-refractivity contribution in [1.29, 1.82) is 0 Å². The van der Waals surface area contributed by atoms with Crippen molar-refractivity contribution in [3.63, 3.8) is 0 Å². The summed E-state index contributed by atoms with van der Waals surface area (Å²) in [5, 5.41) is 10.4. The van der Waals surface area contributed by atoms with Crippen LogP contribution in [0.25, 0.3) is 0 Å². The molecule has 1 aliphatic rings. The van der Waals surface area contributed by atoms with E-state index < -0.39 is 0 Å². The standard InChI is InChI=1S/C20H40O/c1-3-5-6-7-8-9-10-11-13-20(21)19-16-14-18(12-4-2)15-17-19/h18-21H,3-17H2,1-2H3. The number of hydrogen-bond acceptors (Lipinski definition) is 1. The van der Waals surface area contributed by atoms with E-state index in [0.29, 0.717) is 5.92 Å². The van der Waals surface area contributed by atoms with Gasteiger partial charge in [0.15, 0.2) is 0 Å². The molecule has 1 heteroatoms. The van der Waals surface area contributed by atoms with Gasteiger partial charge in [0.2, 0.25) is 0 Å². The van der Waals surface area contributed by atoms with E-state index >= 15 is 0 Å². The fourth-order valence-corrected chi connectivity index (χ4v) is 3.99. The van der Waals surface area contributed by atoms with E-state index in [1.807, 2.05) is 0 Å². The second-order valence-electron chi connectivity index (χ2n) is 7.40. The smallest absolute Gasteiger partial charge is 0.0568 e. The molecule has 0 saturated heterocycles. The fourth-order valence-electron chi connectivity index (χ4n) is 3.99. The van der Waals surface area contributed by atoms with Gasteiger partial charge in [0, 0.05) is 0 Å². The molecule has 0 amide bonds. The van der Waals surface area contributed by atoms with Crippen LogP contribution in [-0.2, 0) is 0 Å². The summed E-state index contributed by atoms with van der Waals surface area (Å²) in [6.45, 7) is 4.57. The van der Waals surface area contributed by atoms with E-state index in [9.17, 15) is 5.11 Å². The topological polar surface area (TPSA) is 20.2 Å². The summed E-state index contributed by atoms with van der Waals surface area (Å²) in [5.74, 6) is 1.57. The van der Waals surface area contributed by atoms with Gasteiger partial charge in [0.25, 0.3) is 0 Å². The van der Waals surface area contributed by atoms with Gasteiger partial charge < -0.3 is 5.11 Å². The van der Waals surface area contributed by atoms with Crippen molar-refractivity contribution in [2.24, 2.45) is 11.8 Å². The normalized spacial score (nSPS) is 24.1. The maximum atomic E-state index is 10.4. The highest BCUT2D eigenvalue weighted by atomic mass is 16.3. The van der Waals surface area contributed by atoms with Gasteiger partial charge in [-0.25, -0.2) is 0 Å². The van der Waals surface area contributed by atoms with Crippen LogP contribution < -0.4 is 0 Å². The number of aliphatic hydroxyl groups excluding tert-OH is 1. The van der Waals surface area contributed by atoms with Crippen LogP contribution in [0.1, 0.15) is 110 Å². The van der Waals surface area contributed by atoms with Crippen LogP contribution in [0.15, 0.2) is 0 Å². The van der Waals surface area contributed by atoms with Crippen LogP contribution in [0.4, 0.5) is 0 Å². The van der Waals surface area contributed by atoms with Crippen molar-refractivity contribution in [1.82, 2.24) is 0 Å². The van der Waals surface area contributed by atoms with Gasteiger partial charge in [-0.3, -0.25) is 0 Å². The zero-order valence-corrected chi connectivity index (χ0v) is 14.8. The second-order valence-corrected chi connectivity index (χ2v) is 7.40. The molecular weight excluding hydrogens is 256 g/mol. The summed E-state index contributed by atoms with van der Waals surface area (Å²) in [4.78, 5) is 0. The Bertz CT molecular complexity index is 218. The quantitative estimate of drug-likeness (QED) is 0.408. The Morgan fingerprint density at radius 2 is 1.33 bits per heavy atom. The molecule has 1 N–H and O–H groups in total. The molecule has 0 aromatic rings. The van der Waals surface area contributed by atoms with Gasteiger partial charge in [0.1, 0.15) is 0 Å². The predicted octanol–water partition coefficient (Wildman–Crippen LogP) is 6.48. The zero-order chi connectivity index (χ0) is 15.3. The Balaban J connectivity index is 1.95. The van der Waals surface area contributed by atoms with E-state index in [2.05, 4.69) is 13.8 Å². The molecule has 1 aliphatic carbocycles. The minimum Gasteiger partial charge on any atom is -0.393 e. The molecule has 0 aromatic heterocycles. The third-order valence-corrected chi connectivity index (χ3v) is 5.49. The third kappa shape index (κ3) is 8.86. The van der Waals surface area contributed by atoms with E-state index in [4.69, 9.17) is 0 Å². The minimum atomic E-state index is -0.00679. The first kappa shape index (κ1) is 19.0. The molecule has 1 unspecified atom stereocenters. The zero-order valence-electron chi connectivity index (χ0n) is 14.8. The lowest BCUT2D eigenvalue weighted by Gasteiger charge is -2.31. The molecule has 0 heterocycles. The molecule has 0 aliphatic heterocycles. The first-order valence-electron chi connectivity index (χ1n) is 9.96. The van der Waals surface area contributed by atoms with Gasteiger partial charge in [-0.15, -0.1) is 0 Å². The summed E-state index contributed by atoms with van der Waals surface area (Å²) in [6.07, 6.45) is 20.0. The maximum Gasteiger partial charge on any atom is 0.0568 e. The third-order valence-electron chi connectivity index (χ3n) is 5.49. The Hall–Kier alpha value is -0.0400. The Morgan fingerprint density at radius 3 is 1.90 bits per heavy atom. The average Bonchev–Trinajstić information content (AvgIpc) is 2.51. The van der Waals surface area contributed by atoms with Gasteiger partial charge in [-0.1, -0.05) is 90.9 Å². The predicted molar refractivity (Wildman–Crippen MR) is 93.6 cm³/mol. The summed E-state index contributed by atoms with van der Waals surface area (Å²) < 4.78 is 0. The summed E-state index contributed by atoms with van der Waals surface area (Å²) >= 11 is 0. The largest absolute Gasteiger partial charge is 0.393 e. The van der Waals surface area contributed by atoms with E-state index in [-0.39, 0.29) is 6.10 Å². The van der Waals surface area contributed by atoms with Crippen LogP contribution >= 0.6 is 0 Å². The molecular formula is C20H40O. The van der Waals surface area contributed by atoms with Crippen LogP contribution in [0.3, 0.4) is 0 Å². The average molecular weight is 297 g/mol. The molecule has 1 saturated carbocycles. The van der Waals surface area contributed by atoms with Crippen LogP contribution in [0.5, 0.6) is 0 Å². The van der Waals surface area contributed by atoms with Gasteiger partial charge in [-0.05, 0) is 31.1 Å². The van der Waals surface area contributed by atoms with Crippen molar-refractivity contribution < 1.29 is 5.11 Å². The van der Waals surface area contributed by atoms with Crippen molar-refractivity contribution in [2.45, 2.75) is 116 Å². The molecule has 0 radical (unpaired) electrons. The lowest BCUT2D eigenvalue weighted by molar-refractivity contribution is 0.0636. The van der Waals surface area contributed by atoms with Crippen molar-refractivity contribution in [2.75, 3.05) is 0 Å². The lowest BCUT2D eigenvalue weighted by atomic mass is 9.77. The Kier molecular flexibility index (Phi) is 11.3. The maximum absolute atomic E-state index is 10.4. The number of hydrogen-bond donors (Lipinski definition) is 1. The van der Waals surface area contributed by atoms with Gasteiger partial charge in [-0.2, -0.15) is 0 Å². The first-order valence-corrected chi connectivity index (χ1v) is 9.96. The number of aliphatic hydroxyl groups is 1. The summed E-state index contributed by atoms with van der Waals surface area (Å²) in [7, 11) is 0. The molecule has 1 nitrogen and oxygen atoms in total. The van der Waals surface area contributed by atoms with E-state index in [0.717, 1.165) is 12.3 Å². The summed E-state index contributed by atoms with van der Waals surface area (Å²) in [6, 6.07) is 0. The highest BCUT2D eigenvalue weighted by Crippen LogP contribution is 2.34. The Morgan fingerprint density at radius 1 is 0.762 bits per heavy atom. The van der Waals surface area contributed by atoms with Crippen molar-refractivity contribution in [3.05, 3.63) is 0 Å². The van der Waals surface area contributed by atoms with Crippen LogP contribution in [-0.4, -0.2) is 11.2 Å². The SMILES string of the molecule is CCCCCCCCCCC(O)C1CCC(CCC)CC1. The lowest BCUT2D eigenvalue weighted by Crippen LogP contribution is -2.25. The molecule has 1 fully saturated rings.